The molecule has 0 amide bonds. The highest BCUT2D eigenvalue weighted by molar-refractivity contribution is 4.78. The Kier molecular flexibility index (Phi) is 5.05. The van der Waals surface area contributed by atoms with Gasteiger partial charge in [0.05, 0.1) is 12.5 Å². The molecule has 1 rings (SSSR count). The number of nitrogens with zero attached hydrogens (tertiary/aromatic N) is 1. The normalized spacial score (nSPS) is 27.4. The lowest BCUT2D eigenvalue weighted by atomic mass is 9.81. The Labute approximate surface area is 94.4 Å². The zero-order valence-corrected chi connectivity index (χ0v) is 9.63. The van der Waals surface area contributed by atoms with Crippen LogP contribution in [-0.2, 0) is 0 Å². The lowest BCUT2D eigenvalue weighted by Gasteiger charge is -2.32. The third-order valence-corrected chi connectivity index (χ3v) is 3.36. The van der Waals surface area contributed by atoms with Crippen molar-refractivity contribution in [2.45, 2.75) is 31.9 Å². The highest BCUT2D eigenvalue weighted by Crippen LogP contribution is 2.39. The van der Waals surface area contributed by atoms with Gasteiger partial charge in [-0.05, 0) is 38.6 Å². The maximum absolute atomic E-state index is 12.4. The second-order valence-electron chi connectivity index (χ2n) is 4.75. The Balaban J connectivity index is 2.27. The van der Waals surface area contributed by atoms with E-state index >= 15 is 0 Å². The van der Waals surface area contributed by atoms with Gasteiger partial charge in [0.25, 0.3) is 0 Å². The topological polar surface area (TPSA) is 23.5 Å². The van der Waals surface area contributed by atoms with Crippen LogP contribution in [0.25, 0.3) is 0 Å². The molecule has 0 saturated heterocycles. The van der Waals surface area contributed by atoms with E-state index in [4.69, 9.17) is 5.11 Å². The summed E-state index contributed by atoms with van der Waals surface area (Å²) >= 11 is 0. The lowest BCUT2D eigenvalue weighted by Crippen LogP contribution is -2.33. The summed E-state index contributed by atoms with van der Waals surface area (Å²) in [6.45, 7) is 1.50. The molecule has 96 valence electrons. The Morgan fingerprint density at radius 1 is 1.19 bits per heavy atom. The van der Waals surface area contributed by atoms with Crippen LogP contribution in [-0.4, -0.2) is 42.9 Å². The average Bonchev–Trinajstić information content (AvgIpc) is 2.17. The van der Waals surface area contributed by atoms with Crippen LogP contribution in [0, 0.1) is 11.8 Å². The van der Waals surface area contributed by atoms with Gasteiger partial charge in [-0.25, -0.2) is 0 Å². The van der Waals surface area contributed by atoms with Gasteiger partial charge in [-0.15, -0.1) is 0 Å². The first-order valence-corrected chi connectivity index (χ1v) is 5.79. The number of halogens is 3. The fourth-order valence-corrected chi connectivity index (χ4v) is 2.38. The number of hydrogen-bond donors (Lipinski definition) is 1. The number of hydrogen-bond acceptors (Lipinski definition) is 2. The Morgan fingerprint density at radius 3 is 2.19 bits per heavy atom. The SMILES string of the molecule is CN(CCO)CC1CCC(C(F)(F)F)CC1. The van der Waals surface area contributed by atoms with E-state index in [2.05, 4.69) is 0 Å². The van der Waals surface area contributed by atoms with Crippen molar-refractivity contribution in [3.05, 3.63) is 0 Å². The zero-order valence-electron chi connectivity index (χ0n) is 9.63. The molecule has 0 spiro atoms. The van der Waals surface area contributed by atoms with Crippen molar-refractivity contribution in [3.8, 4) is 0 Å². The van der Waals surface area contributed by atoms with E-state index in [1.165, 1.54) is 0 Å². The van der Waals surface area contributed by atoms with E-state index in [-0.39, 0.29) is 19.4 Å². The van der Waals surface area contributed by atoms with Crippen LogP contribution < -0.4 is 0 Å². The molecule has 1 fully saturated rings. The summed E-state index contributed by atoms with van der Waals surface area (Å²) in [5.74, 6) is -0.734. The second kappa shape index (κ2) is 5.87. The first-order valence-electron chi connectivity index (χ1n) is 5.79. The van der Waals surface area contributed by atoms with Gasteiger partial charge in [0.2, 0.25) is 0 Å². The summed E-state index contributed by atoms with van der Waals surface area (Å²) in [7, 11) is 1.89. The number of aliphatic hydroxyl groups is 1. The smallest absolute Gasteiger partial charge is 0.391 e. The molecule has 0 aliphatic heterocycles. The minimum Gasteiger partial charge on any atom is -0.395 e. The third kappa shape index (κ3) is 4.29. The van der Waals surface area contributed by atoms with Gasteiger partial charge in [0.15, 0.2) is 0 Å². The van der Waals surface area contributed by atoms with Crippen LogP contribution in [0.15, 0.2) is 0 Å². The van der Waals surface area contributed by atoms with E-state index < -0.39 is 12.1 Å². The van der Waals surface area contributed by atoms with Crippen molar-refractivity contribution >= 4 is 0 Å². The van der Waals surface area contributed by atoms with Gasteiger partial charge < -0.3 is 10.0 Å². The average molecular weight is 239 g/mol. The number of rotatable bonds is 4. The molecule has 1 aliphatic rings. The molecule has 2 nitrogen and oxygen atoms in total. The predicted molar refractivity (Wildman–Crippen MR) is 56.1 cm³/mol. The van der Waals surface area contributed by atoms with E-state index in [0.717, 1.165) is 6.54 Å². The molecular formula is C11H20F3NO. The molecule has 5 heteroatoms. The van der Waals surface area contributed by atoms with Gasteiger partial charge >= 0.3 is 6.18 Å². The van der Waals surface area contributed by atoms with Crippen LogP contribution in [0.3, 0.4) is 0 Å². The summed E-state index contributed by atoms with van der Waals surface area (Å²) < 4.78 is 37.2. The molecule has 16 heavy (non-hydrogen) atoms. The number of alkyl halides is 3. The highest BCUT2D eigenvalue weighted by atomic mass is 19.4. The zero-order chi connectivity index (χ0) is 12.2. The van der Waals surface area contributed by atoms with Crippen LogP contribution in [0.1, 0.15) is 25.7 Å². The first kappa shape index (κ1) is 13.8. The minimum atomic E-state index is -4.01. The monoisotopic (exact) mass is 239 g/mol. The maximum Gasteiger partial charge on any atom is 0.391 e. The fourth-order valence-electron chi connectivity index (χ4n) is 2.38. The van der Waals surface area contributed by atoms with Crippen molar-refractivity contribution < 1.29 is 18.3 Å². The molecule has 0 heterocycles. The van der Waals surface area contributed by atoms with Gasteiger partial charge in [-0.3, -0.25) is 0 Å². The summed E-state index contributed by atoms with van der Waals surface area (Å²) in [6.07, 6.45) is -2.18. The number of likely N-dealkylation sites (N-methyl/N-ethyl adjacent to an activating group) is 1. The molecule has 1 saturated carbocycles. The van der Waals surface area contributed by atoms with E-state index in [1.54, 1.807) is 0 Å². The van der Waals surface area contributed by atoms with Crippen LogP contribution >= 0.6 is 0 Å². The largest absolute Gasteiger partial charge is 0.395 e. The third-order valence-electron chi connectivity index (χ3n) is 3.36. The molecular weight excluding hydrogens is 219 g/mol. The Morgan fingerprint density at radius 2 is 1.75 bits per heavy atom. The van der Waals surface area contributed by atoms with Gasteiger partial charge in [-0.1, -0.05) is 0 Å². The molecule has 0 radical (unpaired) electrons. The summed E-state index contributed by atoms with van der Waals surface area (Å²) in [5, 5.41) is 8.72. The molecule has 1 N–H and O–H groups in total. The van der Waals surface area contributed by atoms with Crippen molar-refractivity contribution in [3.63, 3.8) is 0 Å². The molecule has 0 aromatic rings. The molecule has 0 bridgehead atoms. The summed E-state index contributed by atoms with van der Waals surface area (Å²) in [6, 6.07) is 0. The molecule has 0 atom stereocenters. The standard InChI is InChI=1S/C11H20F3NO/c1-15(6-7-16)8-9-2-4-10(5-3-9)11(12,13)14/h9-10,16H,2-8H2,1H3. The summed E-state index contributed by atoms with van der Waals surface area (Å²) in [5.41, 5.74) is 0. The molecule has 0 unspecified atom stereocenters. The lowest BCUT2D eigenvalue weighted by molar-refractivity contribution is -0.184. The van der Waals surface area contributed by atoms with Crippen molar-refractivity contribution in [2.75, 3.05) is 26.7 Å². The van der Waals surface area contributed by atoms with Gasteiger partial charge in [0, 0.05) is 13.1 Å². The van der Waals surface area contributed by atoms with Crippen molar-refractivity contribution in [1.82, 2.24) is 4.90 Å². The molecule has 0 aromatic heterocycles. The first-order chi connectivity index (χ1) is 7.43. The number of aliphatic hydroxyl groups excluding tert-OH is 1. The van der Waals surface area contributed by atoms with Crippen molar-refractivity contribution in [1.29, 1.82) is 0 Å². The molecule has 1 aliphatic carbocycles. The van der Waals surface area contributed by atoms with Crippen LogP contribution in [0.4, 0.5) is 13.2 Å². The van der Waals surface area contributed by atoms with Crippen LogP contribution in [0.2, 0.25) is 0 Å². The quantitative estimate of drug-likeness (QED) is 0.813. The maximum atomic E-state index is 12.4. The predicted octanol–water partition coefficient (Wildman–Crippen LogP) is 2.28. The van der Waals surface area contributed by atoms with Crippen LogP contribution in [0.5, 0.6) is 0 Å². The van der Waals surface area contributed by atoms with E-state index in [1.807, 2.05) is 11.9 Å². The van der Waals surface area contributed by atoms with E-state index in [9.17, 15) is 13.2 Å². The molecule has 0 aromatic carbocycles. The van der Waals surface area contributed by atoms with Crippen molar-refractivity contribution in [2.24, 2.45) is 11.8 Å². The van der Waals surface area contributed by atoms with Gasteiger partial charge in [0.1, 0.15) is 0 Å². The minimum absolute atomic E-state index is 0.106. The highest BCUT2D eigenvalue weighted by Gasteiger charge is 2.41. The fraction of sp³-hybridized carbons (Fsp3) is 1.00. The second-order valence-corrected chi connectivity index (χ2v) is 4.75. The van der Waals surface area contributed by atoms with Gasteiger partial charge in [-0.2, -0.15) is 13.2 Å². The summed E-state index contributed by atoms with van der Waals surface area (Å²) in [4.78, 5) is 1.98. The Hall–Kier alpha value is -0.290. The van der Waals surface area contributed by atoms with E-state index in [0.29, 0.717) is 25.3 Å². The Bertz CT molecular complexity index is 200.